The summed E-state index contributed by atoms with van der Waals surface area (Å²) >= 11 is 3.39. The molecule has 0 atom stereocenters. The van der Waals surface area contributed by atoms with E-state index in [1.165, 1.54) is 0 Å². The van der Waals surface area contributed by atoms with Gasteiger partial charge in [0.05, 0.1) is 0 Å². The molecular weight excluding hydrogens is 298 g/mol. The van der Waals surface area contributed by atoms with Crippen LogP contribution >= 0.6 is 15.9 Å². The molecule has 2 N–H and O–H groups in total. The normalized spacial score (nSPS) is 10.6. The van der Waals surface area contributed by atoms with Gasteiger partial charge in [0.25, 0.3) is 5.89 Å². The highest BCUT2D eigenvalue weighted by Gasteiger charge is 2.07. The van der Waals surface area contributed by atoms with Crippen molar-refractivity contribution in [3.8, 4) is 5.75 Å². The number of rotatable bonds is 5. The number of aryl methyl sites for hydroxylation is 1. The Bertz CT molecular complexity index is 528. The Balaban J connectivity index is 2.05. The molecule has 96 valence electrons. The van der Waals surface area contributed by atoms with Crippen LogP contribution in [0.2, 0.25) is 0 Å². The third kappa shape index (κ3) is 3.08. The molecule has 0 saturated carbocycles. The van der Waals surface area contributed by atoms with Gasteiger partial charge in [0, 0.05) is 23.0 Å². The Morgan fingerprint density at radius 1 is 1.33 bits per heavy atom. The lowest BCUT2D eigenvalue weighted by Crippen LogP contribution is -2.03. The zero-order chi connectivity index (χ0) is 13.0. The van der Waals surface area contributed by atoms with E-state index >= 15 is 0 Å². The molecule has 0 aliphatic heterocycles. The van der Waals surface area contributed by atoms with Gasteiger partial charge in [0.15, 0.2) is 6.61 Å². The van der Waals surface area contributed by atoms with Crippen LogP contribution in [0.3, 0.4) is 0 Å². The van der Waals surface area contributed by atoms with E-state index in [1.807, 2.05) is 25.1 Å². The number of aromatic nitrogens is 2. The minimum atomic E-state index is 0.252. The summed E-state index contributed by atoms with van der Waals surface area (Å²) in [5, 5.41) is 7.77. The molecular formula is C12H14BrN3O2. The minimum Gasteiger partial charge on any atom is -0.483 e. The minimum absolute atomic E-state index is 0.252. The molecule has 1 aromatic heterocycles. The molecule has 1 heterocycles. The first kappa shape index (κ1) is 13.0. The van der Waals surface area contributed by atoms with E-state index in [4.69, 9.17) is 14.9 Å². The number of hydrogen-bond acceptors (Lipinski definition) is 5. The van der Waals surface area contributed by atoms with E-state index in [0.29, 0.717) is 18.3 Å². The molecule has 0 radical (unpaired) electrons. The molecule has 0 bridgehead atoms. The third-order valence-corrected chi connectivity index (χ3v) is 2.90. The second-order valence-electron chi connectivity index (χ2n) is 3.69. The van der Waals surface area contributed by atoms with E-state index in [0.717, 1.165) is 22.2 Å². The standard InChI is InChI=1S/C12H14BrN3O2/c1-2-11-15-16-12(18-11)7-17-10-4-3-9(13)5-8(10)6-14/h3-5H,2,6-7,14H2,1H3. The highest BCUT2D eigenvalue weighted by Crippen LogP contribution is 2.23. The topological polar surface area (TPSA) is 74.2 Å². The van der Waals surface area contributed by atoms with Crippen LogP contribution in [0.1, 0.15) is 24.3 Å². The van der Waals surface area contributed by atoms with Crippen molar-refractivity contribution in [2.75, 3.05) is 0 Å². The lowest BCUT2D eigenvalue weighted by Gasteiger charge is -2.08. The fourth-order valence-corrected chi connectivity index (χ4v) is 1.89. The van der Waals surface area contributed by atoms with Crippen LogP contribution in [0.5, 0.6) is 5.75 Å². The molecule has 0 fully saturated rings. The molecule has 0 unspecified atom stereocenters. The molecule has 0 amide bonds. The Labute approximate surface area is 113 Å². The van der Waals surface area contributed by atoms with Gasteiger partial charge < -0.3 is 14.9 Å². The highest BCUT2D eigenvalue weighted by atomic mass is 79.9. The maximum absolute atomic E-state index is 5.66. The van der Waals surface area contributed by atoms with Crippen molar-refractivity contribution < 1.29 is 9.15 Å². The number of ether oxygens (including phenoxy) is 1. The lowest BCUT2D eigenvalue weighted by atomic mass is 10.2. The summed E-state index contributed by atoms with van der Waals surface area (Å²) in [6.07, 6.45) is 0.722. The molecule has 6 heteroatoms. The summed E-state index contributed by atoms with van der Waals surface area (Å²) in [5.74, 6) is 1.82. The Morgan fingerprint density at radius 2 is 2.11 bits per heavy atom. The van der Waals surface area contributed by atoms with Crippen molar-refractivity contribution in [2.45, 2.75) is 26.5 Å². The zero-order valence-electron chi connectivity index (χ0n) is 10.0. The number of benzene rings is 1. The van der Waals surface area contributed by atoms with Gasteiger partial charge in [0.1, 0.15) is 5.75 Å². The van der Waals surface area contributed by atoms with Crippen molar-refractivity contribution in [2.24, 2.45) is 5.73 Å². The molecule has 2 rings (SSSR count). The molecule has 2 aromatic rings. The number of halogens is 1. The van der Waals surface area contributed by atoms with Crippen LogP contribution in [0.15, 0.2) is 27.1 Å². The largest absolute Gasteiger partial charge is 0.483 e. The van der Waals surface area contributed by atoms with Gasteiger partial charge in [-0.2, -0.15) is 0 Å². The molecule has 0 saturated heterocycles. The van der Waals surface area contributed by atoms with Gasteiger partial charge in [0.2, 0.25) is 5.89 Å². The van der Waals surface area contributed by atoms with E-state index in [1.54, 1.807) is 0 Å². The van der Waals surface area contributed by atoms with Gasteiger partial charge in [-0.3, -0.25) is 0 Å². The van der Waals surface area contributed by atoms with Gasteiger partial charge in [-0.15, -0.1) is 10.2 Å². The van der Waals surface area contributed by atoms with E-state index in [2.05, 4.69) is 26.1 Å². The number of nitrogens with two attached hydrogens (primary N) is 1. The average molecular weight is 312 g/mol. The number of nitrogens with zero attached hydrogens (tertiary/aromatic N) is 2. The molecule has 0 aliphatic carbocycles. The summed E-state index contributed by atoms with van der Waals surface area (Å²) in [6.45, 7) is 2.62. The highest BCUT2D eigenvalue weighted by molar-refractivity contribution is 9.10. The first-order valence-electron chi connectivity index (χ1n) is 5.65. The van der Waals surface area contributed by atoms with Crippen molar-refractivity contribution in [1.82, 2.24) is 10.2 Å². The van der Waals surface area contributed by atoms with Crippen LogP contribution < -0.4 is 10.5 Å². The maximum atomic E-state index is 5.66. The van der Waals surface area contributed by atoms with E-state index < -0.39 is 0 Å². The monoisotopic (exact) mass is 311 g/mol. The van der Waals surface area contributed by atoms with Crippen molar-refractivity contribution in [1.29, 1.82) is 0 Å². The van der Waals surface area contributed by atoms with Crippen LogP contribution in [0.4, 0.5) is 0 Å². The average Bonchev–Trinajstić information content (AvgIpc) is 2.85. The van der Waals surface area contributed by atoms with E-state index in [-0.39, 0.29) is 6.61 Å². The second-order valence-corrected chi connectivity index (χ2v) is 4.60. The second kappa shape index (κ2) is 5.97. The first-order valence-corrected chi connectivity index (χ1v) is 6.44. The van der Waals surface area contributed by atoms with Crippen molar-refractivity contribution >= 4 is 15.9 Å². The summed E-state index contributed by atoms with van der Waals surface area (Å²) < 4.78 is 12.0. The smallest absolute Gasteiger partial charge is 0.253 e. The lowest BCUT2D eigenvalue weighted by molar-refractivity contribution is 0.257. The van der Waals surface area contributed by atoms with Crippen LogP contribution in [0.25, 0.3) is 0 Å². The van der Waals surface area contributed by atoms with Gasteiger partial charge >= 0.3 is 0 Å². The van der Waals surface area contributed by atoms with Gasteiger partial charge in [-0.25, -0.2) is 0 Å². The summed E-state index contributed by atoms with van der Waals surface area (Å²) in [6, 6.07) is 5.70. The fraction of sp³-hybridized carbons (Fsp3) is 0.333. The van der Waals surface area contributed by atoms with Crippen LogP contribution in [0, 0.1) is 0 Å². The van der Waals surface area contributed by atoms with E-state index in [9.17, 15) is 0 Å². The summed E-state index contributed by atoms with van der Waals surface area (Å²) in [7, 11) is 0. The molecule has 1 aromatic carbocycles. The predicted octanol–water partition coefficient (Wildman–Crippen LogP) is 2.43. The Hall–Kier alpha value is -1.40. The Kier molecular flexibility index (Phi) is 4.33. The predicted molar refractivity (Wildman–Crippen MR) is 70.0 cm³/mol. The molecule has 18 heavy (non-hydrogen) atoms. The quantitative estimate of drug-likeness (QED) is 0.918. The first-order chi connectivity index (χ1) is 8.72. The summed E-state index contributed by atoms with van der Waals surface area (Å²) in [4.78, 5) is 0. The van der Waals surface area contributed by atoms with Crippen LogP contribution in [-0.4, -0.2) is 10.2 Å². The zero-order valence-corrected chi connectivity index (χ0v) is 11.6. The maximum Gasteiger partial charge on any atom is 0.253 e. The van der Waals surface area contributed by atoms with Crippen LogP contribution in [-0.2, 0) is 19.6 Å². The Morgan fingerprint density at radius 3 is 2.78 bits per heavy atom. The third-order valence-electron chi connectivity index (χ3n) is 2.40. The SMILES string of the molecule is CCc1nnc(COc2ccc(Br)cc2CN)o1. The van der Waals surface area contributed by atoms with Gasteiger partial charge in [-0.05, 0) is 18.2 Å². The molecule has 0 spiro atoms. The molecule has 0 aliphatic rings. The van der Waals surface area contributed by atoms with Crippen molar-refractivity contribution in [3.63, 3.8) is 0 Å². The fourth-order valence-electron chi connectivity index (χ4n) is 1.48. The molecule has 5 nitrogen and oxygen atoms in total. The summed E-state index contributed by atoms with van der Waals surface area (Å²) in [5.41, 5.74) is 6.59. The van der Waals surface area contributed by atoms with Gasteiger partial charge in [-0.1, -0.05) is 22.9 Å². The van der Waals surface area contributed by atoms with Crippen molar-refractivity contribution in [3.05, 3.63) is 40.0 Å². The number of hydrogen-bond donors (Lipinski definition) is 1.